The normalized spacial score (nSPS) is 15.5. The number of nitrogens with one attached hydrogen (secondary N) is 1. The number of hydrogen-bond donors (Lipinski definition) is 1. The van der Waals surface area contributed by atoms with Gasteiger partial charge in [-0.15, -0.1) is 0 Å². The first-order chi connectivity index (χ1) is 14.9. The summed E-state index contributed by atoms with van der Waals surface area (Å²) in [6.07, 6.45) is 1.48. The molecule has 1 atom stereocenters. The van der Waals surface area contributed by atoms with E-state index in [1.54, 1.807) is 17.9 Å². The molecule has 0 radical (unpaired) electrons. The minimum absolute atomic E-state index is 0.223. The van der Waals surface area contributed by atoms with Crippen LogP contribution in [0.2, 0.25) is 0 Å². The van der Waals surface area contributed by atoms with Crippen LogP contribution in [0, 0.1) is 19.7 Å². The highest BCUT2D eigenvalue weighted by atomic mass is 19.1. The summed E-state index contributed by atoms with van der Waals surface area (Å²) in [6.45, 7) is 4.16. The number of aryl methyl sites for hydroxylation is 1. The lowest BCUT2D eigenvalue weighted by atomic mass is 9.97. The third-order valence-electron chi connectivity index (χ3n) is 5.59. The molecule has 0 aliphatic carbocycles. The third-order valence-corrected chi connectivity index (χ3v) is 5.59. The van der Waals surface area contributed by atoms with Gasteiger partial charge in [0.1, 0.15) is 12.0 Å². The van der Waals surface area contributed by atoms with E-state index in [-0.39, 0.29) is 18.0 Å². The van der Waals surface area contributed by atoms with Crippen LogP contribution in [0.25, 0.3) is 5.57 Å². The number of fused-ring (bicyclic) bond motifs is 1. The average molecular weight is 420 g/mol. The molecule has 1 N–H and O–H groups in total. The minimum Gasteiger partial charge on any atom is -0.358 e. The highest BCUT2D eigenvalue weighted by Crippen LogP contribution is 2.34. The summed E-state index contributed by atoms with van der Waals surface area (Å²) in [5.74, 6) is -0.507. The summed E-state index contributed by atoms with van der Waals surface area (Å²) in [6, 6.07) is 14.2. The van der Waals surface area contributed by atoms with Crippen molar-refractivity contribution in [3.05, 3.63) is 82.9 Å². The van der Waals surface area contributed by atoms with E-state index < -0.39 is 0 Å². The van der Waals surface area contributed by atoms with E-state index >= 15 is 0 Å². The predicted molar refractivity (Wildman–Crippen MR) is 119 cm³/mol. The molecular weight excluding hydrogens is 395 g/mol. The van der Waals surface area contributed by atoms with Crippen LogP contribution in [0.4, 0.5) is 15.8 Å². The highest BCUT2D eigenvalue weighted by molar-refractivity contribution is 6.27. The first kappa shape index (κ1) is 20.8. The minimum atomic E-state index is -0.339. The number of halogens is 1. The summed E-state index contributed by atoms with van der Waals surface area (Å²) < 4.78 is 20.8. The Kier molecular flexibility index (Phi) is 5.61. The molecule has 1 aliphatic rings. The summed E-state index contributed by atoms with van der Waals surface area (Å²) in [7, 11) is 3.55. The Bertz CT molecular complexity index is 1170. The Balaban J connectivity index is 1.62. The number of para-hydroxylation sites is 1. The number of anilines is 2. The number of carbonyl (C=O) groups is 1. The standard InChI is InChI=1S/C24H25FN4O2/c1-15-23(16(2)29(27-15)14-17-8-7-9-18(25)12-17)26-24(30)20-13-22(31-4)28(3)21-11-6-5-10-19(20)21/h5-13,22H,14H2,1-4H3,(H,26,30). The molecule has 1 unspecified atom stereocenters. The Hall–Kier alpha value is -3.45. The monoisotopic (exact) mass is 420 g/mol. The van der Waals surface area contributed by atoms with Gasteiger partial charge in [-0.05, 0) is 43.7 Å². The Labute approximate surface area is 180 Å². The van der Waals surface area contributed by atoms with Crippen LogP contribution < -0.4 is 10.2 Å². The molecule has 4 rings (SSSR count). The maximum Gasteiger partial charge on any atom is 0.256 e. The van der Waals surface area contributed by atoms with Crippen molar-refractivity contribution < 1.29 is 13.9 Å². The zero-order chi connectivity index (χ0) is 22.1. The number of amides is 1. The number of nitrogens with zero attached hydrogens (tertiary/aromatic N) is 3. The molecule has 0 saturated heterocycles. The SMILES string of the molecule is COC1C=C(C(=O)Nc2c(C)nn(Cc3cccc(F)c3)c2C)c2ccccc2N1C. The Morgan fingerprint density at radius 1 is 1.19 bits per heavy atom. The number of rotatable bonds is 5. The van der Waals surface area contributed by atoms with Crippen molar-refractivity contribution in [1.82, 2.24) is 9.78 Å². The summed E-state index contributed by atoms with van der Waals surface area (Å²) in [4.78, 5) is 15.3. The van der Waals surface area contributed by atoms with Gasteiger partial charge in [0.2, 0.25) is 0 Å². The van der Waals surface area contributed by atoms with E-state index in [1.165, 1.54) is 12.1 Å². The zero-order valence-electron chi connectivity index (χ0n) is 18.0. The van der Waals surface area contributed by atoms with Crippen LogP contribution in [0.15, 0.2) is 54.6 Å². The number of benzene rings is 2. The molecule has 2 aromatic carbocycles. The van der Waals surface area contributed by atoms with Crippen LogP contribution in [0.3, 0.4) is 0 Å². The fourth-order valence-electron chi connectivity index (χ4n) is 3.94. The zero-order valence-corrected chi connectivity index (χ0v) is 18.0. The predicted octanol–water partition coefficient (Wildman–Crippen LogP) is 4.13. The van der Waals surface area contributed by atoms with E-state index in [0.717, 1.165) is 22.5 Å². The molecule has 1 amide bonds. The topological polar surface area (TPSA) is 59.4 Å². The van der Waals surface area contributed by atoms with Gasteiger partial charge >= 0.3 is 0 Å². The molecule has 160 valence electrons. The van der Waals surface area contributed by atoms with Crippen molar-refractivity contribution >= 4 is 22.9 Å². The van der Waals surface area contributed by atoms with E-state index in [1.807, 2.05) is 62.2 Å². The lowest BCUT2D eigenvalue weighted by molar-refractivity contribution is -0.111. The van der Waals surface area contributed by atoms with Crippen LogP contribution in [-0.4, -0.2) is 36.1 Å². The first-order valence-corrected chi connectivity index (χ1v) is 10.1. The summed E-state index contributed by atoms with van der Waals surface area (Å²) in [5.41, 5.74) is 5.30. The van der Waals surface area contributed by atoms with Crippen molar-refractivity contribution in [2.45, 2.75) is 26.6 Å². The van der Waals surface area contributed by atoms with Gasteiger partial charge in [0.05, 0.1) is 23.6 Å². The van der Waals surface area contributed by atoms with Crippen LogP contribution in [-0.2, 0) is 16.1 Å². The Morgan fingerprint density at radius 3 is 2.71 bits per heavy atom. The second-order valence-corrected chi connectivity index (χ2v) is 7.62. The molecule has 0 fully saturated rings. The average Bonchev–Trinajstić information content (AvgIpc) is 3.01. The molecule has 2 heterocycles. The van der Waals surface area contributed by atoms with Gasteiger partial charge in [-0.1, -0.05) is 30.3 Å². The van der Waals surface area contributed by atoms with E-state index in [2.05, 4.69) is 10.4 Å². The molecule has 31 heavy (non-hydrogen) atoms. The molecule has 3 aromatic rings. The first-order valence-electron chi connectivity index (χ1n) is 10.1. The Morgan fingerprint density at radius 2 is 1.97 bits per heavy atom. The van der Waals surface area contributed by atoms with Gasteiger partial charge in [0.25, 0.3) is 5.91 Å². The lowest BCUT2D eigenvalue weighted by Gasteiger charge is -2.33. The van der Waals surface area contributed by atoms with Gasteiger partial charge < -0.3 is 15.0 Å². The van der Waals surface area contributed by atoms with Crippen LogP contribution in [0.5, 0.6) is 0 Å². The fraction of sp³-hybridized carbons (Fsp3) is 0.250. The quantitative estimate of drug-likeness (QED) is 0.674. The van der Waals surface area contributed by atoms with Gasteiger partial charge in [-0.25, -0.2) is 4.39 Å². The van der Waals surface area contributed by atoms with E-state index in [0.29, 0.717) is 23.5 Å². The molecule has 0 bridgehead atoms. The second-order valence-electron chi connectivity index (χ2n) is 7.62. The van der Waals surface area contributed by atoms with Gasteiger partial charge in [-0.2, -0.15) is 5.10 Å². The maximum absolute atomic E-state index is 13.5. The highest BCUT2D eigenvalue weighted by Gasteiger charge is 2.28. The number of aromatic nitrogens is 2. The number of methoxy groups -OCH3 is 1. The second kappa shape index (κ2) is 8.35. The molecule has 1 aromatic heterocycles. The van der Waals surface area contributed by atoms with Gasteiger partial charge in [0.15, 0.2) is 0 Å². The van der Waals surface area contributed by atoms with Crippen molar-refractivity contribution in [2.75, 3.05) is 24.4 Å². The van der Waals surface area contributed by atoms with Crippen LogP contribution >= 0.6 is 0 Å². The molecule has 1 aliphatic heterocycles. The summed E-state index contributed by atoms with van der Waals surface area (Å²) >= 11 is 0. The summed E-state index contributed by atoms with van der Waals surface area (Å²) in [5, 5.41) is 7.58. The van der Waals surface area contributed by atoms with Crippen molar-refractivity contribution in [2.24, 2.45) is 0 Å². The number of hydrogen-bond acceptors (Lipinski definition) is 4. The smallest absolute Gasteiger partial charge is 0.256 e. The molecule has 0 saturated carbocycles. The molecule has 6 nitrogen and oxygen atoms in total. The molecule has 0 spiro atoms. The molecular formula is C24H25FN4O2. The molecule has 7 heteroatoms. The number of ether oxygens (including phenoxy) is 1. The van der Waals surface area contributed by atoms with E-state index in [4.69, 9.17) is 4.74 Å². The van der Waals surface area contributed by atoms with Crippen molar-refractivity contribution in [1.29, 1.82) is 0 Å². The van der Waals surface area contributed by atoms with E-state index in [9.17, 15) is 9.18 Å². The number of carbonyl (C=O) groups excluding carboxylic acids is 1. The number of likely N-dealkylation sites (N-methyl/N-ethyl adjacent to an activating group) is 1. The largest absolute Gasteiger partial charge is 0.358 e. The van der Waals surface area contributed by atoms with Crippen molar-refractivity contribution in [3.63, 3.8) is 0 Å². The van der Waals surface area contributed by atoms with Gasteiger partial charge in [-0.3, -0.25) is 9.48 Å². The lowest BCUT2D eigenvalue weighted by Crippen LogP contribution is -2.36. The maximum atomic E-state index is 13.5. The van der Waals surface area contributed by atoms with Gasteiger partial charge in [0, 0.05) is 31.0 Å². The fourth-order valence-corrected chi connectivity index (χ4v) is 3.94. The van der Waals surface area contributed by atoms with Crippen molar-refractivity contribution in [3.8, 4) is 0 Å². The third kappa shape index (κ3) is 3.96. The van der Waals surface area contributed by atoms with Crippen LogP contribution in [0.1, 0.15) is 22.5 Å².